The Bertz CT molecular complexity index is 566. The molecule has 1 unspecified atom stereocenters. The number of nitrogens with two attached hydrogens (primary N) is 1. The number of hydrogen-bond acceptors (Lipinski definition) is 2. The molecule has 0 aliphatic carbocycles. The van der Waals surface area contributed by atoms with E-state index in [0.717, 1.165) is 11.6 Å². The minimum Gasteiger partial charge on any atom is -0.399 e. The van der Waals surface area contributed by atoms with E-state index in [1.54, 1.807) is 31.2 Å². The van der Waals surface area contributed by atoms with E-state index >= 15 is 0 Å². The number of nitrogens with zero attached hydrogens (tertiary/aromatic N) is 1. The molecule has 3 nitrogen and oxygen atoms in total. The van der Waals surface area contributed by atoms with Crippen LogP contribution in [-0.4, -0.2) is 30.1 Å². The molecule has 21 heavy (non-hydrogen) atoms. The maximum atomic E-state index is 12.6. The summed E-state index contributed by atoms with van der Waals surface area (Å²) in [4.78, 5) is 13.8. The van der Waals surface area contributed by atoms with E-state index in [1.165, 1.54) is 4.90 Å². The fourth-order valence-corrected chi connectivity index (χ4v) is 2.37. The van der Waals surface area contributed by atoms with Gasteiger partial charge in [0, 0.05) is 24.4 Å². The standard InChI is InChI=1S/C15H17F3N2O/c1-10(11-3-2-4-13(19)9-11)14(21)20-7-5-12(6-8-20)15(16,17)18/h2-5,9-10H,6-8,19H2,1H3. The molecular formula is C15H17F3N2O. The maximum Gasteiger partial charge on any atom is 0.412 e. The van der Waals surface area contributed by atoms with Crippen molar-refractivity contribution in [2.45, 2.75) is 25.4 Å². The summed E-state index contributed by atoms with van der Waals surface area (Å²) in [6, 6.07) is 6.98. The lowest BCUT2D eigenvalue weighted by Gasteiger charge is -2.29. The summed E-state index contributed by atoms with van der Waals surface area (Å²) >= 11 is 0. The Kier molecular flexibility index (Phi) is 4.25. The van der Waals surface area contributed by atoms with Gasteiger partial charge >= 0.3 is 6.18 Å². The molecule has 1 aliphatic heterocycles. The molecule has 1 aromatic carbocycles. The first kappa shape index (κ1) is 15.4. The van der Waals surface area contributed by atoms with Gasteiger partial charge in [-0.2, -0.15) is 13.2 Å². The maximum absolute atomic E-state index is 12.6. The van der Waals surface area contributed by atoms with E-state index in [4.69, 9.17) is 5.73 Å². The number of halogens is 3. The lowest BCUT2D eigenvalue weighted by molar-refractivity contribution is -0.133. The summed E-state index contributed by atoms with van der Waals surface area (Å²) in [6.45, 7) is 1.83. The molecular weight excluding hydrogens is 281 g/mol. The summed E-state index contributed by atoms with van der Waals surface area (Å²) in [5.74, 6) is -0.604. The van der Waals surface area contributed by atoms with Crippen LogP contribution < -0.4 is 5.73 Å². The van der Waals surface area contributed by atoms with Gasteiger partial charge in [-0.3, -0.25) is 4.79 Å². The van der Waals surface area contributed by atoms with Crippen LogP contribution in [0.15, 0.2) is 35.9 Å². The van der Waals surface area contributed by atoms with Crippen LogP contribution in [0.3, 0.4) is 0 Å². The van der Waals surface area contributed by atoms with Crippen LogP contribution >= 0.6 is 0 Å². The monoisotopic (exact) mass is 298 g/mol. The van der Waals surface area contributed by atoms with Crippen molar-refractivity contribution in [3.63, 3.8) is 0 Å². The lowest BCUT2D eigenvalue weighted by atomic mass is 9.98. The molecule has 0 spiro atoms. The highest BCUT2D eigenvalue weighted by Crippen LogP contribution is 2.31. The highest BCUT2D eigenvalue weighted by molar-refractivity contribution is 5.84. The van der Waals surface area contributed by atoms with Gasteiger partial charge in [0.15, 0.2) is 0 Å². The molecule has 2 rings (SSSR count). The number of rotatable bonds is 2. The Morgan fingerprint density at radius 2 is 2.10 bits per heavy atom. The number of hydrogen-bond donors (Lipinski definition) is 1. The second kappa shape index (κ2) is 5.79. The van der Waals surface area contributed by atoms with Crippen molar-refractivity contribution in [2.75, 3.05) is 18.8 Å². The number of alkyl halides is 3. The molecule has 114 valence electrons. The van der Waals surface area contributed by atoms with Crippen LogP contribution in [-0.2, 0) is 4.79 Å². The van der Waals surface area contributed by atoms with Crippen LogP contribution in [0.4, 0.5) is 18.9 Å². The molecule has 0 radical (unpaired) electrons. The molecule has 0 bridgehead atoms. The summed E-state index contributed by atoms with van der Waals surface area (Å²) in [5, 5.41) is 0. The van der Waals surface area contributed by atoms with Crippen molar-refractivity contribution in [1.82, 2.24) is 4.90 Å². The van der Waals surface area contributed by atoms with Crippen LogP contribution in [0, 0.1) is 0 Å². The Morgan fingerprint density at radius 1 is 1.38 bits per heavy atom. The molecule has 1 atom stereocenters. The number of benzene rings is 1. The third-order valence-electron chi connectivity index (χ3n) is 3.67. The predicted molar refractivity (Wildman–Crippen MR) is 74.6 cm³/mol. The van der Waals surface area contributed by atoms with Gasteiger partial charge in [0.2, 0.25) is 5.91 Å². The number of carbonyl (C=O) groups excluding carboxylic acids is 1. The van der Waals surface area contributed by atoms with Crippen LogP contribution in [0.1, 0.15) is 24.8 Å². The van der Waals surface area contributed by atoms with E-state index in [2.05, 4.69) is 0 Å². The van der Waals surface area contributed by atoms with Crippen molar-refractivity contribution in [1.29, 1.82) is 0 Å². The zero-order valence-electron chi connectivity index (χ0n) is 11.7. The smallest absolute Gasteiger partial charge is 0.399 e. The normalized spacial score (nSPS) is 17.3. The van der Waals surface area contributed by atoms with Gasteiger partial charge in [-0.1, -0.05) is 18.2 Å². The van der Waals surface area contributed by atoms with Crippen molar-refractivity contribution in [2.24, 2.45) is 0 Å². The zero-order valence-corrected chi connectivity index (χ0v) is 11.7. The molecule has 1 amide bonds. The van der Waals surface area contributed by atoms with Crippen LogP contribution in [0.2, 0.25) is 0 Å². The predicted octanol–water partition coefficient (Wildman–Crippen LogP) is 3.09. The lowest BCUT2D eigenvalue weighted by Crippen LogP contribution is -2.39. The van der Waals surface area contributed by atoms with Gasteiger partial charge in [0.05, 0.1) is 5.92 Å². The first-order valence-electron chi connectivity index (χ1n) is 6.69. The average molecular weight is 298 g/mol. The second-order valence-corrected chi connectivity index (χ2v) is 5.15. The van der Waals surface area contributed by atoms with E-state index < -0.39 is 17.7 Å². The minimum atomic E-state index is -4.30. The highest BCUT2D eigenvalue weighted by Gasteiger charge is 2.36. The van der Waals surface area contributed by atoms with E-state index in [9.17, 15) is 18.0 Å². The van der Waals surface area contributed by atoms with Crippen molar-refractivity contribution in [3.05, 3.63) is 41.5 Å². The number of anilines is 1. The molecule has 0 saturated heterocycles. The van der Waals surface area contributed by atoms with Crippen molar-refractivity contribution >= 4 is 11.6 Å². The molecule has 0 fully saturated rings. The fourth-order valence-electron chi connectivity index (χ4n) is 2.37. The largest absolute Gasteiger partial charge is 0.412 e. The van der Waals surface area contributed by atoms with Gasteiger partial charge in [-0.15, -0.1) is 0 Å². The first-order valence-corrected chi connectivity index (χ1v) is 6.69. The van der Waals surface area contributed by atoms with Gasteiger partial charge in [-0.05, 0) is 31.0 Å². The molecule has 0 aromatic heterocycles. The molecule has 1 aromatic rings. The topological polar surface area (TPSA) is 46.3 Å². The molecule has 6 heteroatoms. The number of nitrogen functional groups attached to an aromatic ring is 1. The second-order valence-electron chi connectivity index (χ2n) is 5.15. The zero-order chi connectivity index (χ0) is 15.6. The van der Waals surface area contributed by atoms with Crippen LogP contribution in [0.5, 0.6) is 0 Å². The number of amides is 1. The quantitative estimate of drug-likeness (QED) is 0.673. The van der Waals surface area contributed by atoms with Crippen molar-refractivity contribution in [3.8, 4) is 0 Å². The van der Waals surface area contributed by atoms with Gasteiger partial charge < -0.3 is 10.6 Å². The number of carbonyl (C=O) groups is 1. The Hall–Kier alpha value is -1.98. The fraction of sp³-hybridized carbons (Fsp3) is 0.400. The van der Waals surface area contributed by atoms with Crippen LogP contribution in [0.25, 0.3) is 0 Å². The van der Waals surface area contributed by atoms with Gasteiger partial charge in [0.1, 0.15) is 0 Å². The molecule has 2 N–H and O–H groups in total. The third-order valence-corrected chi connectivity index (χ3v) is 3.67. The van der Waals surface area contributed by atoms with E-state index in [0.29, 0.717) is 5.69 Å². The van der Waals surface area contributed by atoms with Crippen molar-refractivity contribution < 1.29 is 18.0 Å². The Balaban J connectivity index is 2.07. The molecule has 1 heterocycles. The third kappa shape index (κ3) is 3.56. The van der Waals surface area contributed by atoms with E-state index in [-0.39, 0.29) is 25.4 Å². The molecule has 1 aliphatic rings. The van der Waals surface area contributed by atoms with Gasteiger partial charge in [0.25, 0.3) is 0 Å². The highest BCUT2D eigenvalue weighted by atomic mass is 19.4. The SMILES string of the molecule is CC(C(=O)N1CC=C(C(F)(F)F)CC1)c1cccc(N)c1. The van der Waals surface area contributed by atoms with E-state index in [1.807, 2.05) is 0 Å². The summed E-state index contributed by atoms with van der Waals surface area (Å²) in [6.07, 6.45) is -3.36. The summed E-state index contributed by atoms with van der Waals surface area (Å²) in [7, 11) is 0. The Labute approximate surface area is 121 Å². The summed E-state index contributed by atoms with van der Waals surface area (Å²) in [5.41, 5.74) is 6.46. The Morgan fingerprint density at radius 3 is 2.62 bits per heavy atom. The minimum absolute atomic E-state index is 0.000330. The first-order chi connectivity index (χ1) is 9.79. The molecule has 0 saturated carbocycles. The van der Waals surface area contributed by atoms with Gasteiger partial charge in [-0.25, -0.2) is 0 Å². The average Bonchev–Trinajstić information content (AvgIpc) is 2.45. The summed E-state index contributed by atoms with van der Waals surface area (Å²) < 4.78 is 37.7.